The molecule has 0 saturated carbocycles. The van der Waals surface area contributed by atoms with E-state index in [1.807, 2.05) is 19.1 Å². The van der Waals surface area contributed by atoms with E-state index < -0.39 is 24.0 Å². The van der Waals surface area contributed by atoms with E-state index in [0.717, 1.165) is 5.56 Å². The lowest BCUT2D eigenvalue weighted by Crippen LogP contribution is -2.47. The second kappa shape index (κ2) is 9.32. The molecule has 0 aliphatic rings. The van der Waals surface area contributed by atoms with Crippen molar-refractivity contribution in [2.24, 2.45) is 5.92 Å². The first-order valence-electron chi connectivity index (χ1n) is 8.70. The van der Waals surface area contributed by atoms with Crippen molar-refractivity contribution in [3.8, 4) is 0 Å². The van der Waals surface area contributed by atoms with Gasteiger partial charge in [0.1, 0.15) is 6.04 Å². The average molecular weight is 388 g/mol. The Bertz CT molecular complexity index is 785. The molecule has 2 aromatic rings. The van der Waals surface area contributed by atoms with Gasteiger partial charge >= 0.3 is 5.97 Å². The van der Waals surface area contributed by atoms with Gasteiger partial charge < -0.3 is 15.4 Å². The lowest BCUT2D eigenvalue weighted by Gasteiger charge is -2.22. The van der Waals surface area contributed by atoms with Crippen LogP contribution in [-0.4, -0.2) is 29.9 Å². The van der Waals surface area contributed by atoms with Crippen molar-refractivity contribution < 1.29 is 19.1 Å². The number of nitrogens with one attached hydrogen (secondary N) is 2. The Morgan fingerprint density at radius 2 is 1.70 bits per heavy atom. The molecule has 0 unspecified atom stereocenters. The van der Waals surface area contributed by atoms with E-state index >= 15 is 0 Å². The van der Waals surface area contributed by atoms with Crippen molar-refractivity contribution in [1.29, 1.82) is 0 Å². The number of carbonyl (C=O) groups excluding carboxylic acids is 3. The average Bonchev–Trinajstić information content (AvgIpc) is 3.15. The third-order valence-electron chi connectivity index (χ3n) is 3.93. The molecule has 27 heavy (non-hydrogen) atoms. The van der Waals surface area contributed by atoms with Gasteiger partial charge in [0.15, 0.2) is 6.10 Å². The Morgan fingerprint density at radius 1 is 1.04 bits per heavy atom. The number of amides is 2. The number of ether oxygens (including phenoxy) is 1. The van der Waals surface area contributed by atoms with Crippen LogP contribution >= 0.6 is 11.3 Å². The number of benzene rings is 1. The molecule has 2 N–H and O–H groups in total. The third kappa shape index (κ3) is 5.92. The fraction of sp³-hybridized carbons (Fsp3) is 0.350. The first-order chi connectivity index (χ1) is 12.8. The Balaban J connectivity index is 1.95. The second-order valence-corrected chi connectivity index (χ2v) is 7.55. The van der Waals surface area contributed by atoms with E-state index in [2.05, 4.69) is 10.6 Å². The summed E-state index contributed by atoms with van der Waals surface area (Å²) in [6, 6.07) is 9.91. The molecule has 0 radical (unpaired) electrons. The number of hydrogen-bond acceptors (Lipinski definition) is 5. The first kappa shape index (κ1) is 20.6. The first-order valence-corrected chi connectivity index (χ1v) is 9.58. The molecule has 1 aromatic heterocycles. The fourth-order valence-corrected chi connectivity index (χ4v) is 2.93. The molecule has 2 rings (SSSR count). The largest absolute Gasteiger partial charge is 0.451 e. The van der Waals surface area contributed by atoms with E-state index in [1.54, 1.807) is 43.5 Å². The molecule has 6 nitrogen and oxygen atoms in total. The Kier molecular flexibility index (Phi) is 7.12. The summed E-state index contributed by atoms with van der Waals surface area (Å²) in [4.78, 5) is 37.5. The smallest absolute Gasteiger partial charge is 0.329 e. The minimum atomic E-state index is -0.987. The van der Waals surface area contributed by atoms with Crippen LogP contribution in [0.25, 0.3) is 0 Å². The quantitative estimate of drug-likeness (QED) is 0.712. The highest BCUT2D eigenvalue weighted by atomic mass is 32.1. The molecule has 0 aliphatic carbocycles. The molecule has 2 atom stereocenters. The van der Waals surface area contributed by atoms with E-state index in [0.29, 0.717) is 10.6 Å². The maximum Gasteiger partial charge on any atom is 0.329 e. The maximum atomic E-state index is 12.5. The van der Waals surface area contributed by atoms with Crippen molar-refractivity contribution >= 4 is 34.8 Å². The van der Waals surface area contributed by atoms with Gasteiger partial charge in [-0.2, -0.15) is 0 Å². The van der Waals surface area contributed by atoms with Crippen LogP contribution in [0.1, 0.15) is 36.0 Å². The van der Waals surface area contributed by atoms with Gasteiger partial charge in [0.25, 0.3) is 11.8 Å². The van der Waals surface area contributed by atoms with Crippen LogP contribution in [0.3, 0.4) is 0 Å². The number of esters is 1. The Hall–Kier alpha value is -2.67. The molecule has 0 saturated heterocycles. The molecule has 2 amide bonds. The Labute approximate surface area is 162 Å². The van der Waals surface area contributed by atoms with E-state index in [9.17, 15) is 14.4 Å². The predicted octanol–water partition coefficient (Wildman–Crippen LogP) is 3.38. The highest BCUT2D eigenvalue weighted by Crippen LogP contribution is 2.13. The van der Waals surface area contributed by atoms with Crippen LogP contribution in [-0.2, 0) is 14.3 Å². The Morgan fingerprint density at radius 3 is 2.26 bits per heavy atom. The third-order valence-corrected chi connectivity index (χ3v) is 4.80. The molecule has 1 heterocycles. The van der Waals surface area contributed by atoms with Crippen molar-refractivity contribution in [2.45, 2.75) is 39.8 Å². The second-order valence-electron chi connectivity index (χ2n) is 6.61. The van der Waals surface area contributed by atoms with Crippen LogP contribution in [0.5, 0.6) is 0 Å². The SMILES string of the molecule is Cc1ccc(NC(=O)[C@H](C)OC(=O)[C@@H](NC(=O)c2cccs2)C(C)C)cc1. The van der Waals surface area contributed by atoms with E-state index in [1.165, 1.54) is 18.3 Å². The van der Waals surface area contributed by atoms with Crippen LogP contribution in [0.4, 0.5) is 5.69 Å². The highest BCUT2D eigenvalue weighted by Gasteiger charge is 2.29. The summed E-state index contributed by atoms with van der Waals surface area (Å²) < 4.78 is 5.29. The van der Waals surface area contributed by atoms with Gasteiger partial charge in [0.05, 0.1) is 4.88 Å². The lowest BCUT2D eigenvalue weighted by molar-refractivity contribution is -0.156. The molecule has 0 bridgehead atoms. The molecular weight excluding hydrogens is 364 g/mol. The van der Waals surface area contributed by atoms with Gasteiger partial charge in [0.2, 0.25) is 0 Å². The minimum absolute atomic E-state index is 0.186. The van der Waals surface area contributed by atoms with E-state index in [4.69, 9.17) is 4.74 Å². The molecule has 0 aliphatic heterocycles. The zero-order valence-electron chi connectivity index (χ0n) is 15.8. The monoisotopic (exact) mass is 388 g/mol. The van der Waals surface area contributed by atoms with Gasteiger partial charge in [-0.05, 0) is 43.3 Å². The zero-order chi connectivity index (χ0) is 20.0. The normalized spacial score (nSPS) is 12.9. The molecule has 7 heteroatoms. The molecule has 0 spiro atoms. The van der Waals surface area contributed by atoms with Crippen LogP contribution in [0.15, 0.2) is 41.8 Å². The predicted molar refractivity (Wildman–Crippen MR) is 106 cm³/mol. The fourth-order valence-electron chi connectivity index (χ4n) is 2.30. The van der Waals surface area contributed by atoms with Crippen LogP contribution in [0, 0.1) is 12.8 Å². The summed E-state index contributed by atoms with van der Waals surface area (Å²) in [6.07, 6.45) is -0.987. The number of aryl methyl sites for hydroxylation is 1. The number of anilines is 1. The maximum absolute atomic E-state index is 12.5. The zero-order valence-corrected chi connectivity index (χ0v) is 16.6. The molecule has 144 valence electrons. The molecular formula is C20H24N2O4S. The number of rotatable bonds is 7. The summed E-state index contributed by atoms with van der Waals surface area (Å²) in [5.41, 5.74) is 1.70. The number of hydrogen-bond donors (Lipinski definition) is 2. The van der Waals surface area contributed by atoms with Crippen molar-refractivity contribution in [3.05, 3.63) is 52.2 Å². The summed E-state index contributed by atoms with van der Waals surface area (Å²) in [6.45, 7) is 7.06. The summed E-state index contributed by atoms with van der Waals surface area (Å²) in [7, 11) is 0. The van der Waals surface area contributed by atoms with Crippen LogP contribution in [0.2, 0.25) is 0 Å². The van der Waals surface area contributed by atoms with Gasteiger partial charge in [0, 0.05) is 5.69 Å². The standard InChI is InChI=1S/C20H24N2O4S/c1-12(2)17(22-19(24)16-6-5-11-27-16)20(25)26-14(4)18(23)21-15-9-7-13(3)8-10-15/h5-12,14,17H,1-4H3,(H,21,23)(H,22,24)/t14-,17-/m0/s1. The molecule has 0 fully saturated rings. The van der Waals surface area contributed by atoms with Gasteiger partial charge in [-0.3, -0.25) is 9.59 Å². The van der Waals surface area contributed by atoms with Gasteiger partial charge in [-0.15, -0.1) is 11.3 Å². The summed E-state index contributed by atoms with van der Waals surface area (Å²) in [5, 5.41) is 7.17. The van der Waals surface area contributed by atoms with Gasteiger partial charge in [-0.1, -0.05) is 37.6 Å². The number of thiophene rings is 1. The van der Waals surface area contributed by atoms with Gasteiger partial charge in [-0.25, -0.2) is 4.79 Å². The van der Waals surface area contributed by atoms with Crippen molar-refractivity contribution in [2.75, 3.05) is 5.32 Å². The highest BCUT2D eigenvalue weighted by molar-refractivity contribution is 7.12. The topological polar surface area (TPSA) is 84.5 Å². The van der Waals surface area contributed by atoms with Crippen LogP contribution < -0.4 is 10.6 Å². The minimum Gasteiger partial charge on any atom is -0.451 e. The molecule has 1 aromatic carbocycles. The lowest BCUT2D eigenvalue weighted by atomic mass is 10.0. The summed E-state index contributed by atoms with van der Waals surface area (Å²) >= 11 is 1.29. The summed E-state index contributed by atoms with van der Waals surface area (Å²) in [5.74, 6) is -1.59. The van der Waals surface area contributed by atoms with E-state index in [-0.39, 0.29) is 11.8 Å². The van der Waals surface area contributed by atoms with Crippen molar-refractivity contribution in [3.63, 3.8) is 0 Å². The number of carbonyl (C=O) groups is 3. The van der Waals surface area contributed by atoms with Crippen molar-refractivity contribution in [1.82, 2.24) is 5.32 Å².